The monoisotopic (exact) mass is 274 g/mol. The fraction of sp³-hybridized carbons (Fsp3) is 0.375. The number of benzene rings is 1. The topological polar surface area (TPSA) is 58.2 Å². The van der Waals surface area contributed by atoms with E-state index in [1.165, 1.54) is 12.2 Å². The zero-order chi connectivity index (χ0) is 15.2. The minimum atomic E-state index is -0.324. The van der Waals surface area contributed by atoms with Crippen molar-refractivity contribution in [3.05, 3.63) is 42.5 Å². The number of para-hydroxylation sites is 1. The maximum Gasteiger partial charge on any atom is 0.248 e. The lowest BCUT2D eigenvalue weighted by molar-refractivity contribution is -0.118. The molecule has 4 heteroatoms. The first-order valence-electron chi connectivity index (χ1n) is 6.63. The summed E-state index contributed by atoms with van der Waals surface area (Å²) in [5.41, 5.74) is 0.682. The van der Waals surface area contributed by atoms with Crippen molar-refractivity contribution in [1.29, 1.82) is 0 Å². The van der Waals surface area contributed by atoms with Crippen LogP contribution in [0.2, 0.25) is 0 Å². The minimum absolute atomic E-state index is 0.0181. The van der Waals surface area contributed by atoms with Gasteiger partial charge in [-0.2, -0.15) is 0 Å². The van der Waals surface area contributed by atoms with Crippen LogP contribution in [0.3, 0.4) is 0 Å². The second-order valence-electron chi connectivity index (χ2n) is 5.78. The predicted octanol–water partition coefficient (Wildman–Crippen LogP) is 2.73. The van der Waals surface area contributed by atoms with Crippen LogP contribution in [-0.4, -0.2) is 17.9 Å². The number of nitrogens with one attached hydrogen (secondary N) is 2. The molecule has 0 aliphatic heterocycles. The highest BCUT2D eigenvalue weighted by Crippen LogP contribution is 2.18. The van der Waals surface area contributed by atoms with E-state index < -0.39 is 0 Å². The Morgan fingerprint density at radius 3 is 2.15 bits per heavy atom. The Balaban J connectivity index is 2.47. The van der Waals surface area contributed by atoms with Gasteiger partial charge in [-0.3, -0.25) is 9.59 Å². The number of amides is 2. The molecule has 0 saturated heterocycles. The minimum Gasteiger partial charge on any atom is -0.350 e. The van der Waals surface area contributed by atoms with Crippen LogP contribution in [0.5, 0.6) is 0 Å². The third kappa shape index (κ3) is 5.69. The number of rotatable bonds is 4. The number of anilines is 1. The zero-order valence-electron chi connectivity index (χ0n) is 12.4. The molecule has 4 nitrogen and oxygen atoms in total. The van der Waals surface area contributed by atoms with Crippen molar-refractivity contribution in [2.75, 3.05) is 5.32 Å². The van der Waals surface area contributed by atoms with Crippen molar-refractivity contribution in [2.45, 2.75) is 33.7 Å². The van der Waals surface area contributed by atoms with E-state index in [4.69, 9.17) is 0 Å². The largest absolute Gasteiger partial charge is 0.350 e. The van der Waals surface area contributed by atoms with Crippen molar-refractivity contribution in [3.8, 4) is 0 Å². The van der Waals surface area contributed by atoms with E-state index >= 15 is 0 Å². The van der Waals surface area contributed by atoms with E-state index in [-0.39, 0.29) is 23.3 Å². The van der Waals surface area contributed by atoms with Crippen LogP contribution < -0.4 is 10.6 Å². The van der Waals surface area contributed by atoms with E-state index in [0.717, 1.165) is 0 Å². The van der Waals surface area contributed by atoms with Crippen molar-refractivity contribution in [1.82, 2.24) is 5.32 Å². The molecule has 1 atom stereocenters. The number of hydrogen-bond donors (Lipinski definition) is 2. The molecule has 0 fully saturated rings. The molecule has 0 spiro atoms. The summed E-state index contributed by atoms with van der Waals surface area (Å²) < 4.78 is 0. The zero-order valence-corrected chi connectivity index (χ0v) is 12.4. The summed E-state index contributed by atoms with van der Waals surface area (Å²) in [4.78, 5) is 23.3. The predicted molar refractivity (Wildman–Crippen MR) is 81.3 cm³/mol. The molecule has 0 aliphatic rings. The average Bonchev–Trinajstić information content (AvgIpc) is 2.36. The Morgan fingerprint density at radius 2 is 1.60 bits per heavy atom. The highest BCUT2D eigenvalue weighted by Gasteiger charge is 2.20. The summed E-state index contributed by atoms with van der Waals surface area (Å²) in [6.07, 6.45) is 2.48. The molecular weight excluding hydrogens is 252 g/mol. The van der Waals surface area contributed by atoms with Crippen LogP contribution in [0.1, 0.15) is 27.7 Å². The Bertz CT molecular complexity index is 487. The molecule has 1 aromatic rings. The smallest absolute Gasteiger partial charge is 0.248 e. The van der Waals surface area contributed by atoms with Gasteiger partial charge in [-0.25, -0.2) is 0 Å². The van der Waals surface area contributed by atoms with Crippen LogP contribution in [0.25, 0.3) is 0 Å². The molecule has 1 unspecified atom stereocenters. The maximum atomic E-state index is 11.7. The lowest BCUT2D eigenvalue weighted by atomic mass is 9.88. The molecular formula is C16H22N2O2. The molecule has 0 aliphatic carbocycles. The fourth-order valence-electron chi connectivity index (χ4n) is 1.33. The summed E-state index contributed by atoms with van der Waals surface area (Å²) in [5.74, 6) is -0.592. The Morgan fingerprint density at radius 1 is 1.05 bits per heavy atom. The van der Waals surface area contributed by atoms with Crippen molar-refractivity contribution < 1.29 is 9.59 Å². The molecule has 0 bridgehead atoms. The Kier molecular flexibility index (Phi) is 5.50. The summed E-state index contributed by atoms with van der Waals surface area (Å²) in [5, 5.41) is 5.51. The van der Waals surface area contributed by atoms with E-state index in [1.807, 2.05) is 45.9 Å². The normalized spacial score (nSPS) is 13.0. The van der Waals surface area contributed by atoms with Crippen molar-refractivity contribution in [3.63, 3.8) is 0 Å². The number of hydrogen-bond acceptors (Lipinski definition) is 2. The van der Waals surface area contributed by atoms with Crippen molar-refractivity contribution >= 4 is 17.5 Å². The summed E-state index contributed by atoms with van der Waals surface area (Å²) in [7, 11) is 0. The Labute approximate surface area is 120 Å². The van der Waals surface area contributed by atoms with Crippen LogP contribution >= 0.6 is 0 Å². The molecule has 2 amide bonds. The van der Waals surface area contributed by atoms with Gasteiger partial charge in [-0.05, 0) is 24.5 Å². The molecule has 2 N–H and O–H groups in total. The van der Waals surface area contributed by atoms with E-state index in [0.29, 0.717) is 5.69 Å². The van der Waals surface area contributed by atoms with E-state index in [1.54, 1.807) is 12.1 Å². The maximum absolute atomic E-state index is 11.7. The molecule has 0 radical (unpaired) electrons. The first-order valence-corrected chi connectivity index (χ1v) is 6.63. The summed E-state index contributed by atoms with van der Waals surface area (Å²) >= 11 is 0. The third-order valence-electron chi connectivity index (χ3n) is 3.09. The van der Waals surface area contributed by atoms with Crippen LogP contribution in [0, 0.1) is 5.41 Å². The second-order valence-corrected chi connectivity index (χ2v) is 5.78. The lowest BCUT2D eigenvalue weighted by Gasteiger charge is -2.27. The van der Waals surface area contributed by atoms with Crippen LogP contribution in [0.15, 0.2) is 42.5 Å². The van der Waals surface area contributed by atoms with E-state index in [9.17, 15) is 9.59 Å². The van der Waals surface area contributed by atoms with Gasteiger partial charge in [0.25, 0.3) is 0 Å². The molecule has 108 valence electrons. The lowest BCUT2D eigenvalue weighted by Crippen LogP contribution is -2.40. The quantitative estimate of drug-likeness (QED) is 0.829. The van der Waals surface area contributed by atoms with Crippen LogP contribution in [0.4, 0.5) is 5.69 Å². The van der Waals surface area contributed by atoms with Gasteiger partial charge in [0.15, 0.2) is 0 Å². The SMILES string of the molecule is CC(NC(=O)C=CC(=O)Nc1ccccc1)C(C)(C)C. The molecule has 20 heavy (non-hydrogen) atoms. The van der Waals surface area contributed by atoms with E-state index in [2.05, 4.69) is 10.6 Å². The van der Waals surface area contributed by atoms with Gasteiger partial charge in [-0.15, -0.1) is 0 Å². The fourth-order valence-corrected chi connectivity index (χ4v) is 1.33. The first-order chi connectivity index (χ1) is 9.29. The highest BCUT2D eigenvalue weighted by atomic mass is 16.2. The molecule has 0 saturated carbocycles. The molecule has 1 rings (SSSR count). The van der Waals surface area contributed by atoms with Gasteiger partial charge in [-0.1, -0.05) is 39.0 Å². The molecule has 0 heterocycles. The average molecular weight is 274 g/mol. The van der Waals surface area contributed by atoms with Gasteiger partial charge in [0, 0.05) is 23.9 Å². The first kappa shape index (κ1) is 16.0. The summed E-state index contributed by atoms with van der Waals surface area (Å²) in [6.45, 7) is 8.08. The summed E-state index contributed by atoms with van der Waals surface area (Å²) in [6, 6.07) is 9.12. The van der Waals surface area contributed by atoms with Gasteiger partial charge >= 0.3 is 0 Å². The molecule has 1 aromatic carbocycles. The van der Waals surface area contributed by atoms with Gasteiger partial charge in [0.05, 0.1) is 0 Å². The van der Waals surface area contributed by atoms with Gasteiger partial charge in [0.1, 0.15) is 0 Å². The van der Waals surface area contributed by atoms with Gasteiger partial charge < -0.3 is 10.6 Å². The third-order valence-corrected chi connectivity index (χ3v) is 3.09. The highest BCUT2D eigenvalue weighted by molar-refractivity contribution is 6.03. The molecule has 0 aromatic heterocycles. The van der Waals surface area contributed by atoms with Gasteiger partial charge in [0.2, 0.25) is 11.8 Å². The second kappa shape index (κ2) is 6.89. The number of carbonyl (C=O) groups excluding carboxylic acids is 2. The number of carbonyl (C=O) groups is 2. The van der Waals surface area contributed by atoms with Crippen LogP contribution in [-0.2, 0) is 9.59 Å². The van der Waals surface area contributed by atoms with Crippen molar-refractivity contribution in [2.24, 2.45) is 5.41 Å². The standard InChI is InChI=1S/C16H22N2O2/c1-12(16(2,3)4)17-14(19)10-11-15(20)18-13-8-6-5-7-9-13/h5-12H,1-4H3,(H,17,19)(H,18,20). The Hall–Kier alpha value is -2.10.